The molecule has 0 bridgehead atoms. The minimum atomic E-state index is 0.0736. The van der Waals surface area contributed by atoms with Crippen molar-refractivity contribution in [2.24, 2.45) is 0 Å². The van der Waals surface area contributed by atoms with Gasteiger partial charge in [0.05, 0.1) is 11.5 Å². The van der Waals surface area contributed by atoms with E-state index in [0.29, 0.717) is 0 Å². The van der Waals surface area contributed by atoms with Crippen LogP contribution in [-0.4, -0.2) is 23.7 Å². The van der Waals surface area contributed by atoms with Gasteiger partial charge < -0.3 is 10.0 Å². The van der Waals surface area contributed by atoms with Gasteiger partial charge in [-0.05, 0) is 12.0 Å². The number of aliphatic hydroxyl groups excluding tert-OH is 1. The van der Waals surface area contributed by atoms with Crippen LogP contribution >= 0.6 is 11.3 Å². The summed E-state index contributed by atoms with van der Waals surface area (Å²) >= 11 is 1.54. The maximum absolute atomic E-state index is 8.99. The fraction of sp³-hybridized carbons (Fsp3) is 0.308. The van der Waals surface area contributed by atoms with Crippen molar-refractivity contribution in [1.29, 1.82) is 0 Å². The molecule has 4 heteroatoms. The number of likely N-dealkylation sites (N-methyl/N-ethyl adjacent to an activating group) is 1. The Morgan fingerprint density at radius 1 is 1.29 bits per heavy atom. The predicted molar refractivity (Wildman–Crippen MR) is 71.5 cm³/mol. The second-order valence-corrected chi connectivity index (χ2v) is 5.02. The fourth-order valence-electron chi connectivity index (χ4n) is 1.58. The molecule has 0 fully saturated rings. The van der Waals surface area contributed by atoms with Crippen molar-refractivity contribution < 1.29 is 5.11 Å². The van der Waals surface area contributed by atoms with Crippen molar-refractivity contribution in [2.75, 3.05) is 18.5 Å². The number of aromatic nitrogens is 1. The van der Waals surface area contributed by atoms with Crippen LogP contribution in [0.3, 0.4) is 0 Å². The van der Waals surface area contributed by atoms with Gasteiger partial charge in [0.2, 0.25) is 0 Å². The van der Waals surface area contributed by atoms with Crippen molar-refractivity contribution in [1.82, 2.24) is 4.98 Å². The first-order chi connectivity index (χ1) is 8.29. The van der Waals surface area contributed by atoms with Gasteiger partial charge >= 0.3 is 0 Å². The first-order valence-corrected chi connectivity index (χ1v) is 6.42. The maximum Gasteiger partial charge on any atom is 0.185 e. The Bertz CT molecular complexity index is 455. The molecule has 0 spiro atoms. The third-order valence-electron chi connectivity index (χ3n) is 2.60. The molecule has 90 valence electrons. The van der Waals surface area contributed by atoms with Gasteiger partial charge in [-0.25, -0.2) is 4.98 Å². The Labute approximate surface area is 105 Å². The van der Waals surface area contributed by atoms with Crippen LogP contribution in [0, 0.1) is 0 Å². The van der Waals surface area contributed by atoms with E-state index in [1.807, 2.05) is 13.1 Å². The van der Waals surface area contributed by atoms with Crippen LogP contribution in [0.1, 0.15) is 10.4 Å². The summed E-state index contributed by atoms with van der Waals surface area (Å²) in [7, 11) is 2.03. The summed E-state index contributed by atoms with van der Waals surface area (Å²) in [6, 6.07) is 10.4. The zero-order valence-corrected chi connectivity index (χ0v) is 10.7. The number of rotatable bonds is 5. The molecule has 0 saturated carbocycles. The molecule has 0 saturated heterocycles. The molecule has 1 heterocycles. The molecule has 3 nitrogen and oxygen atoms in total. The topological polar surface area (TPSA) is 36.4 Å². The van der Waals surface area contributed by atoms with Gasteiger partial charge in [-0.2, -0.15) is 0 Å². The van der Waals surface area contributed by atoms with Crippen LogP contribution in [0.25, 0.3) is 0 Å². The highest BCUT2D eigenvalue weighted by atomic mass is 32.1. The summed E-state index contributed by atoms with van der Waals surface area (Å²) < 4.78 is 0. The molecule has 0 radical (unpaired) electrons. The minimum absolute atomic E-state index is 0.0736. The van der Waals surface area contributed by atoms with E-state index in [9.17, 15) is 0 Å². The lowest BCUT2D eigenvalue weighted by Gasteiger charge is -2.15. The Balaban J connectivity index is 1.91. The molecule has 1 N–H and O–H groups in total. The van der Waals surface area contributed by atoms with Crippen LogP contribution in [-0.2, 0) is 13.0 Å². The number of thiazole rings is 1. The predicted octanol–water partition coefficient (Wildman–Crippen LogP) is 2.31. The molecule has 0 unspecified atom stereocenters. The van der Waals surface area contributed by atoms with E-state index in [1.54, 1.807) is 17.5 Å². The van der Waals surface area contributed by atoms with Crippen LogP contribution in [0.4, 0.5) is 5.13 Å². The summed E-state index contributed by atoms with van der Waals surface area (Å²) in [5.41, 5.74) is 1.33. The van der Waals surface area contributed by atoms with E-state index in [4.69, 9.17) is 5.11 Å². The average Bonchev–Trinajstić information content (AvgIpc) is 2.86. The molecule has 1 aromatic heterocycles. The molecular formula is C13H16N2OS. The highest BCUT2D eigenvalue weighted by Crippen LogP contribution is 2.21. The molecule has 0 amide bonds. The standard InChI is InChI=1S/C13H16N2OS/c1-15(13-14-9-12(10-16)17-13)8-7-11-5-3-2-4-6-11/h2-6,9,16H,7-8,10H2,1H3. The normalized spacial score (nSPS) is 10.5. The Morgan fingerprint density at radius 3 is 2.71 bits per heavy atom. The summed E-state index contributed by atoms with van der Waals surface area (Å²) in [5.74, 6) is 0. The van der Waals surface area contributed by atoms with Crippen molar-refractivity contribution in [2.45, 2.75) is 13.0 Å². The van der Waals surface area contributed by atoms with Gasteiger partial charge in [0, 0.05) is 19.8 Å². The minimum Gasteiger partial charge on any atom is -0.391 e. The highest BCUT2D eigenvalue weighted by Gasteiger charge is 2.06. The molecule has 0 aliphatic carbocycles. The first kappa shape index (κ1) is 12.1. The van der Waals surface area contributed by atoms with Gasteiger partial charge in [-0.15, -0.1) is 0 Å². The lowest BCUT2D eigenvalue weighted by Crippen LogP contribution is -2.19. The van der Waals surface area contributed by atoms with Gasteiger partial charge in [-0.3, -0.25) is 0 Å². The zero-order chi connectivity index (χ0) is 12.1. The van der Waals surface area contributed by atoms with Crippen molar-refractivity contribution in [3.05, 3.63) is 47.0 Å². The fourth-order valence-corrected chi connectivity index (χ4v) is 2.34. The van der Waals surface area contributed by atoms with E-state index < -0.39 is 0 Å². The second kappa shape index (κ2) is 5.80. The lowest BCUT2D eigenvalue weighted by atomic mass is 10.1. The quantitative estimate of drug-likeness (QED) is 0.882. The van der Waals surface area contributed by atoms with Crippen LogP contribution in [0.5, 0.6) is 0 Å². The number of hydrogen-bond acceptors (Lipinski definition) is 4. The van der Waals surface area contributed by atoms with E-state index in [1.165, 1.54) is 5.56 Å². The molecule has 17 heavy (non-hydrogen) atoms. The molecule has 0 atom stereocenters. The van der Waals surface area contributed by atoms with E-state index in [-0.39, 0.29) is 6.61 Å². The molecule has 2 aromatic rings. The first-order valence-electron chi connectivity index (χ1n) is 5.60. The monoisotopic (exact) mass is 248 g/mol. The third-order valence-corrected chi connectivity index (χ3v) is 3.70. The van der Waals surface area contributed by atoms with Crippen molar-refractivity contribution in [3.63, 3.8) is 0 Å². The smallest absolute Gasteiger partial charge is 0.185 e. The molecule has 0 aliphatic heterocycles. The third kappa shape index (κ3) is 3.28. The maximum atomic E-state index is 8.99. The van der Waals surface area contributed by atoms with Crippen molar-refractivity contribution in [3.8, 4) is 0 Å². The van der Waals surface area contributed by atoms with Gasteiger partial charge in [0.1, 0.15) is 0 Å². The van der Waals surface area contributed by atoms with Gasteiger partial charge in [0.15, 0.2) is 5.13 Å². The van der Waals surface area contributed by atoms with Crippen molar-refractivity contribution >= 4 is 16.5 Å². The second-order valence-electron chi connectivity index (χ2n) is 3.92. The van der Waals surface area contributed by atoms with Gasteiger partial charge in [-0.1, -0.05) is 41.7 Å². The Morgan fingerprint density at radius 2 is 2.06 bits per heavy atom. The van der Waals surface area contributed by atoms with E-state index in [0.717, 1.165) is 23.0 Å². The van der Waals surface area contributed by atoms with Crippen LogP contribution in [0.15, 0.2) is 36.5 Å². The lowest BCUT2D eigenvalue weighted by molar-refractivity contribution is 0.285. The molecule has 1 aromatic carbocycles. The average molecular weight is 248 g/mol. The number of nitrogens with zero attached hydrogens (tertiary/aromatic N) is 2. The highest BCUT2D eigenvalue weighted by molar-refractivity contribution is 7.15. The number of benzene rings is 1. The molecule has 0 aliphatic rings. The zero-order valence-electron chi connectivity index (χ0n) is 9.84. The molecule has 2 rings (SSSR count). The van der Waals surface area contributed by atoms with Crippen LogP contribution < -0.4 is 4.90 Å². The van der Waals surface area contributed by atoms with Gasteiger partial charge in [0.25, 0.3) is 0 Å². The SMILES string of the molecule is CN(CCc1ccccc1)c1ncc(CO)s1. The summed E-state index contributed by atoms with van der Waals surface area (Å²) in [6.45, 7) is 1.01. The number of aliphatic hydroxyl groups is 1. The summed E-state index contributed by atoms with van der Waals surface area (Å²) in [6.07, 6.45) is 2.74. The molecular weight excluding hydrogens is 232 g/mol. The summed E-state index contributed by atoms with van der Waals surface area (Å²) in [5, 5.41) is 9.96. The van der Waals surface area contributed by atoms with E-state index >= 15 is 0 Å². The van der Waals surface area contributed by atoms with Crippen LogP contribution in [0.2, 0.25) is 0 Å². The number of hydrogen-bond donors (Lipinski definition) is 1. The Hall–Kier alpha value is -1.39. The largest absolute Gasteiger partial charge is 0.391 e. The Kier molecular flexibility index (Phi) is 4.12. The van der Waals surface area contributed by atoms with E-state index in [2.05, 4.69) is 34.1 Å². The number of anilines is 1. The summed E-state index contributed by atoms with van der Waals surface area (Å²) in [4.78, 5) is 7.31.